The van der Waals surface area contributed by atoms with E-state index in [0.29, 0.717) is 31.3 Å². The zero-order valence-corrected chi connectivity index (χ0v) is 23.5. The Morgan fingerprint density at radius 2 is 2.10 bits per heavy atom. The van der Waals surface area contributed by atoms with Crippen molar-refractivity contribution in [3.05, 3.63) is 53.9 Å². The number of aliphatic hydroxyl groups is 1. The van der Waals surface area contributed by atoms with Gasteiger partial charge < -0.3 is 5.11 Å². The molecule has 1 saturated heterocycles. The molecule has 1 aliphatic heterocycles. The van der Waals surface area contributed by atoms with E-state index in [9.17, 15) is 19.1 Å². The molecule has 1 aromatic heterocycles. The van der Waals surface area contributed by atoms with Crippen molar-refractivity contribution in [3.63, 3.8) is 0 Å². The molecule has 0 unspecified atom stereocenters. The largest absolute Gasteiger partial charge is 0.390 e. The molecule has 10 heteroatoms. The average Bonchev–Trinajstić information content (AvgIpc) is 3.40. The van der Waals surface area contributed by atoms with Gasteiger partial charge in [0.2, 0.25) is 5.12 Å². The molecule has 6 rings (SSSR count). The van der Waals surface area contributed by atoms with Crippen molar-refractivity contribution >= 4 is 22.7 Å². The van der Waals surface area contributed by atoms with Crippen molar-refractivity contribution in [3.8, 4) is 0 Å². The number of aromatic nitrogens is 1. The van der Waals surface area contributed by atoms with Crippen LogP contribution in [0.4, 0.5) is 13.2 Å². The number of nitrogens with zero attached hydrogens (tertiary/aromatic N) is 2. The number of carbonyl (C=O) groups is 2. The van der Waals surface area contributed by atoms with Crippen LogP contribution in [0.5, 0.6) is 0 Å². The van der Waals surface area contributed by atoms with Crippen LogP contribution in [0.3, 0.4) is 0 Å². The lowest BCUT2D eigenvalue weighted by atomic mass is 9.44. The summed E-state index contributed by atoms with van der Waals surface area (Å²) in [6, 6.07) is 2.95. The van der Waals surface area contributed by atoms with Crippen LogP contribution in [0.15, 0.2) is 48.3 Å². The highest BCUT2D eigenvalue weighted by molar-refractivity contribution is 8.13. The predicted octanol–water partition coefficient (Wildman–Crippen LogP) is 4.73. The maximum Gasteiger partial charge on any atom is 0.226 e. The van der Waals surface area contributed by atoms with Crippen LogP contribution in [0.2, 0.25) is 0 Å². The van der Waals surface area contributed by atoms with Gasteiger partial charge in [-0.25, -0.2) is 13.2 Å². The van der Waals surface area contributed by atoms with Gasteiger partial charge in [-0.05, 0) is 74.3 Å². The number of aryl methyl sites for hydroxylation is 1. The zero-order chi connectivity index (χ0) is 28.5. The molecule has 5 aliphatic rings. The number of allylic oxidation sites excluding steroid dienone is 4. The number of hydrogen-bond donors (Lipinski definition) is 1. The van der Waals surface area contributed by atoms with Gasteiger partial charge in [-0.15, -0.1) is 0 Å². The van der Waals surface area contributed by atoms with Crippen LogP contribution in [-0.4, -0.2) is 68.7 Å². The third-order valence-corrected chi connectivity index (χ3v) is 11.4. The number of alkyl halides is 3. The number of hydrogen-bond acceptors (Lipinski definition) is 7. The van der Waals surface area contributed by atoms with Crippen molar-refractivity contribution in [2.45, 2.75) is 69.5 Å². The monoisotopic (exact) mass is 576 g/mol. The number of fused-ring (bicyclic) bond motifs is 7. The van der Waals surface area contributed by atoms with Gasteiger partial charge in [0.15, 0.2) is 17.1 Å². The normalized spacial score (nSPS) is 44.0. The van der Waals surface area contributed by atoms with E-state index in [1.165, 1.54) is 18.2 Å². The first-order chi connectivity index (χ1) is 19.0. The molecule has 9 atom stereocenters. The van der Waals surface area contributed by atoms with E-state index in [4.69, 9.17) is 4.84 Å². The van der Waals surface area contributed by atoms with Crippen molar-refractivity contribution in [1.82, 2.24) is 10.0 Å². The summed E-state index contributed by atoms with van der Waals surface area (Å²) >= 11 is 0.548. The van der Waals surface area contributed by atoms with E-state index < -0.39 is 63.1 Å². The molecule has 1 N–H and O–H groups in total. The second-order valence-corrected chi connectivity index (χ2v) is 13.4. The quantitative estimate of drug-likeness (QED) is 0.525. The summed E-state index contributed by atoms with van der Waals surface area (Å²) in [5.41, 5.74) is -5.07. The lowest BCUT2D eigenvalue weighted by Gasteiger charge is -2.63. The number of rotatable bonds is 6. The number of hydroxylamine groups is 2. The smallest absolute Gasteiger partial charge is 0.226 e. The molecule has 0 amide bonds. The fourth-order valence-corrected chi connectivity index (χ4v) is 9.71. The summed E-state index contributed by atoms with van der Waals surface area (Å²) < 4.78 is 46.8. The van der Waals surface area contributed by atoms with Gasteiger partial charge in [-0.2, -0.15) is 5.06 Å². The molecule has 1 aromatic rings. The van der Waals surface area contributed by atoms with Crippen molar-refractivity contribution < 1.29 is 32.7 Å². The van der Waals surface area contributed by atoms with E-state index >= 15 is 8.78 Å². The van der Waals surface area contributed by atoms with Gasteiger partial charge in [0.1, 0.15) is 12.2 Å². The van der Waals surface area contributed by atoms with Gasteiger partial charge in [0.05, 0.1) is 6.10 Å². The summed E-state index contributed by atoms with van der Waals surface area (Å²) in [4.78, 5) is 36.5. The van der Waals surface area contributed by atoms with E-state index in [1.807, 2.05) is 25.3 Å². The SMILES string of the molecule is C[C@]12C=CC(=O)C=C1[C@@H](F)C[C@H]1[C@@H]3C[C@H]4CN(CCCc5cccnc5)O[C@@]4(C(=O)SCF)[C@@]3(C)C[C@H](O)[C@@]12F. The lowest BCUT2D eigenvalue weighted by molar-refractivity contribution is -0.263. The molecule has 4 fully saturated rings. The van der Waals surface area contributed by atoms with Crippen molar-refractivity contribution in [1.29, 1.82) is 0 Å². The van der Waals surface area contributed by atoms with Gasteiger partial charge in [0, 0.05) is 48.1 Å². The minimum Gasteiger partial charge on any atom is -0.390 e. The Morgan fingerprint density at radius 3 is 2.83 bits per heavy atom. The molecule has 4 aliphatic carbocycles. The van der Waals surface area contributed by atoms with Crippen LogP contribution in [0, 0.1) is 28.6 Å². The molecule has 0 spiro atoms. The van der Waals surface area contributed by atoms with Crippen molar-refractivity contribution in [2.24, 2.45) is 28.6 Å². The highest BCUT2D eigenvalue weighted by Crippen LogP contribution is 2.73. The molecule has 0 radical (unpaired) electrons. The predicted molar refractivity (Wildman–Crippen MR) is 144 cm³/mol. The molecule has 0 aromatic carbocycles. The first kappa shape index (κ1) is 28.1. The second kappa shape index (κ2) is 9.78. The number of ketones is 1. The number of thioether (sulfide) groups is 1. The molecule has 2 heterocycles. The minimum atomic E-state index is -2.23. The lowest BCUT2D eigenvalue weighted by Crippen LogP contribution is -2.70. The number of halogens is 3. The van der Waals surface area contributed by atoms with Crippen LogP contribution < -0.4 is 0 Å². The van der Waals surface area contributed by atoms with E-state index in [0.717, 1.165) is 18.4 Å². The second-order valence-electron chi connectivity index (χ2n) is 12.5. The molecule has 6 nitrogen and oxygen atoms in total. The Bertz CT molecular complexity index is 1260. The summed E-state index contributed by atoms with van der Waals surface area (Å²) in [6.07, 6.45) is 5.89. The first-order valence-corrected chi connectivity index (χ1v) is 15.0. The Kier molecular flexibility index (Phi) is 6.88. The Morgan fingerprint density at radius 1 is 1.30 bits per heavy atom. The first-order valence-electron chi connectivity index (χ1n) is 14.0. The fourth-order valence-electron chi connectivity index (χ4n) is 8.96. The van der Waals surface area contributed by atoms with Crippen LogP contribution in [-0.2, 0) is 20.8 Å². The molecule has 0 bridgehead atoms. The summed E-state index contributed by atoms with van der Waals surface area (Å²) in [5, 5.41) is 12.9. The zero-order valence-electron chi connectivity index (χ0n) is 22.7. The maximum absolute atomic E-state index is 17.5. The van der Waals surface area contributed by atoms with Crippen LogP contribution in [0.1, 0.15) is 45.1 Å². The highest BCUT2D eigenvalue weighted by atomic mass is 32.2. The Hall–Kier alpha value is -2.01. The van der Waals surface area contributed by atoms with Gasteiger partial charge in [-0.3, -0.25) is 19.4 Å². The number of pyridine rings is 1. The molecular weight excluding hydrogens is 541 g/mol. The number of carbonyl (C=O) groups excluding carboxylic acids is 2. The topological polar surface area (TPSA) is 79.7 Å². The van der Waals surface area contributed by atoms with Crippen LogP contribution in [0.25, 0.3) is 0 Å². The Balaban J connectivity index is 1.32. The van der Waals surface area contributed by atoms with Gasteiger partial charge >= 0.3 is 0 Å². The average molecular weight is 577 g/mol. The molecular formula is C30H35F3N2O4S. The maximum atomic E-state index is 17.5. The van der Waals surface area contributed by atoms with Crippen molar-refractivity contribution in [2.75, 3.05) is 19.1 Å². The van der Waals surface area contributed by atoms with Gasteiger partial charge in [-0.1, -0.05) is 30.8 Å². The summed E-state index contributed by atoms with van der Waals surface area (Å²) in [7, 11) is 0. The molecule has 3 saturated carbocycles. The van der Waals surface area contributed by atoms with E-state index in [-0.39, 0.29) is 24.3 Å². The summed E-state index contributed by atoms with van der Waals surface area (Å²) in [6.45, 7) is 4.34. The third-order valence-electron chi connectivity index (χ3n) is 10.8. The van der Waals surface area contributed by atoms with E-state index in [2.05, 4.69) is 4.98 Å². The third kappa shape index (κ3) is 3.71. The minimum absolute atomic E-state index is 0.0643. The van der Waals surface area contributed by atoms with Crippen LogP contribution >= 0.6 is 11.8 Å². The number of aliphatic hydroxyl groups excluding tert-OH is 1. The standard InChI is InChI=1S/C30H35F3N2O4S/c1-27-8-7-20(36)12-23(27)24(32)13-22-21-11-19-16-35(10-4-6-18-5-3-9-34-15-18)39-30(19,26(38)40-17-31)28(21,2)14-25(37)29(22,27)33/h3,5,7-9,12,15,19,21-22,24-25,37H,4,6,10-11,13-14,16-17H2,1-2H3/t19-,21-,22-,24-,25-,27-,28-,29-,30-/m0/s1. The summed E-state index contributed by atoms with van der Waals surface area (Å²) in [5.74, 6) is -2.14. The van der Waals surface area contributed by atoms with E-state index in [1.54, 1.807) is 18.2 Å². The Labute approximate surface area is 236 Å². The fraction of sp³-hybridized carbons (Fsp3) is 0.633. The van der Waals surface area contributed by atoms with Gasteiger partial charge in [0.25, 0.3) is 0 Å². The molecule has 40 heavy (non-hydrogen) atoms. The molecule has 216 valence electrons. The highest BCUT2D eigenvalue weighted by Gasteiger charge is 2.79.